The number of carbonyl (C=O) groups excluding carboxylic acids is 1. The van der Waals surface area contributed by atoms with Gasteiger partial charge in [-0.25, -0.2) is 4.68 Å². The summed E-state index contributed by atoms with van der Waals surface area (Å²) >= 11 is 0. The number of hydrogen-bond donors (Lipinski definition) is 2. The summed E-state index contributed by atoms with van der Waals surface area (Å²) in [5.41, 5.74) is 5.86. The lowest BCUT2D eigenvalue weighted by molar-refractivity contribution is -0.138. The van der Waals surface area contributed by atoms with Crippen LogP contribution in [0.5, 0.6) is 0 Å². The van der Waals surface area contributed by atoms with Crippen molar-refractivity contribution >= 4 is 11.9 Å². The summed E-state index contributed by atoms with van der Waals surface area (Å²) in [4.78, 5) is 24.3. The minimum Gasteiger partial charge on any atom is -0.480 e. The molecule has 2 heterocycles. The van der Waals surface area contributed by atoms with Crippen LogP contribution in [-0.2, 0) is 27.3 Å². The monoisotopic (exact) mass is 283 g/mol. The predicted molar refractivity (Wildman–Crippen MR) is 66.7 cm³/mol. The van der Waals surface area contributed by atoms with E-state index in [2.05, 4.69) is 10.3 Å². The zero-order valence-electron chi connectivity index (χ0n) is 10.9. The number of nitrogens with zero attached hydrogens (tertiary/aromatic N) is 4. The lowest BCUT2D eigenvalue weighted by Gasteiger charge is -2.26. The number of nitrogens with two attached hydrogens (primary N) is 1. The summed E-state index contributed by atoms with van der Waals surface area (Å²) in [6, 6.07) is -1.02. The van der Waals surface area contributed by atoms with Gasteiger partial charge in [0.05, 0.1) is 18.9 Å². The van der Waals surface area contributed by atoms with E-state index >= 15 is 0 Å². The van der Waals surface area contributed by atoms with Crippen molar-refractivity contribution in [1.29, 1.82) is 0 Å². The van der Waals surface area contributed by atoms with Crippen LogP contribution in [0.2, 0.25) is 0 Å². The minimum absolute atomic E-state index is 0.0627. The lowest BCUT2D eigenvalue weighted by Crippen LogP contribution is -2.42. The maximum atomic E-state index is 12.0. The average Bonchev–Trinajstić information content (AvgIpc) is 2.86. The zero-order valence-corrected chi connectivity index (χ0v) is 10.9. The molecule has 1 unspecified atom stereocenters. The molecular formula is C11H17N5O4. The largest absolute Gasteiger partial charge is 0.480 e. The maximum Gasteiger partial charge on any atom is 0.320 e. The molecule has 1 amide bonds. The molecule has 1 aliphatic rings. The summed E-state index contributed by atoms with van der Waals surface area (Å²) < 4.78 is 6.56. The number of aromatic nitrogens is 3. The molecule has 9 heteroatoms. The fraction of sp³-hybridized carbons (Fsp3) is 0.636. The van der Waals surface area contributed by atoms with Gasteiger partial charge < -0.3 is 20.5 Å². The Morgan fingerprint density at radius 2 is 2.15 bits per heavy atom. The van der Waals surface area contributed by atoms with E-state index in [9.17, 15) is 9.59 Å². The number of ether oxygens (including phenoxy) is 1. The standard InChI is InChI=1S/C11H17N5O4/c12-9(11(18)19)5-8-6-16(14-13-8)7-10(17)15-1-3-20-4-2-15/h6,9H,1-5,7,12H2,(H,18,19). The summed E-state index contributed by atoms with van der Waals surface area (Å²) in [6.45, 7) is 2.31. The van der Waals surface area contributed by atoms with Crippen molar-refractivity contribution in [1.82, 2.24) is 19.9 Å². The van der Waals surface area contributed by atoms with Crippen molar-refractivity contribution < 1.29 is 19.4 Å². The Bertz CT molecular complexity index is 483. The van der Waals surface area contributed by atoms with Crippen LogP contribution in [0, 0.1) is 0 Å². The van der Waals surface area contributed by atoms with E-state index in [0.29, 0.717) is 32.0 Å². The molecule has 0 bridgehead atoms. The van der Waals surface area contributed by atoms with Crippen LogP contribution in [-0.4, -0.2) is 69.2 Å². The van der Waals surface area contributed by atoms with E-state index in [1.165, 1.54) is 4.68 Å². The second kappa shape index (κ2) is 6.44. The van der Waals surface area contributed by atoms with Crippen molar-refractivity contribution in [2.24, 2.45) is 5.73 Å². The first-order valence-electron chi connectivity index (χ1n) is 6.29. The van der Waals surface area contributed by atoms with Gasteiger partial charge in [-0.15, -0.1) is 5.10 Å². The van der Waals surface area contributed by atoms with Crippen molar-refractivity contribution in [3.05, 3.63) is 11.9 Å². The number of carboxylic acids is 1. The fourth-order valence-electron chi connectivity index (χ4n) is 1.87. The van der Waals surface area contributed by atoms with E-state index < -0.39 is 12.0 Å². The Kier molecular flexibility index (Phi) is 4.64. The third-order valence-corrected chi connectivity index (χ3v) is 2.99. The number of carbonyl (C=O) groups is 2. The third-order valence-electron chi connectivity index (χ3n) is 2.99. The number of aliphatic carboxylic acids is 1. The first kappa shape index (κ1) is 14.4. The number of morpholine rings is 1. The fourth-order valence-corrected chi connectivity index (χ4v) is 1.87. The van der Waals surface area contributed by atoms with Crippen LogP contribution in [0.1, 0.15) is 5.69 Å². The zero-order chi connectivity index (χ0) is 14.5. The van der Waals surface area contributed by atoms with Crippen LogP contribution in [0.15, 0.2) is 6.20 Å². The van der Waals surface area contributed by atoms with Gasteiger partial charge in [0, 0.05) is 25.7 Å². The summed E-state index contributed by atoms with van der Waals surface area (Å²) in [7, 11) is 0. The molecule has 9 nitrogen and oxygen atoms in total. The molecular weight excluding hydrogens is 266 g/mol. The molecule has 1 aromatic heterocycles. The van der Waals surface area contributed by atoms with Gasteiger partial charge in [-0.3, -0.25) is 9.59 Å². The molecule has 0 saturated carbocycles. The highest BCUT2D eigenvalue weighted by Crippen LogP contribution is 2.01. The molecule has 3 N–H and O–H groups in total. The topological polar surface area (TPSA) is 124 Å². The van der Waals surface area contributed by atoms with Gasteiger partial charge in [0.2, 0.25) is 5.91 Å². The second-order valence-electron chi connectivity index (χ2n) is 4.55. The van der Waals surface area contributed by atoms with Gasteiger partial charge in [-0.05, 0) is 0 Å². The van der Waals surface area contributed by atoms with Crippen molar-refractivity contribution in [3.8, 4) is 0 Å². The van der Waals surface area contributed by atoms with Gasteiger partial charge in [-0.1, -0.05) is 5.21 Å². The number of hydrogen-bond acceptors (Lipinski definition) is 6. The number of carboxylic acid groups (broad SMARTS) is 1. The smallest absolute Gasteiger partial charge is 0.320 e. The average molecular weight is 283 g/mol. The van der Waals surface area contributed by atoms with Crippen LogP contribution in [0.4, 0.5) is 0 Å². The van der Waals surface area contributed by atoms with Gasteiger partial charge in [0.1, 0.15) is 12.6 Å². The van der Waals surface area contributed by atoms with Crippen molar-refractivity contribution in [2.45, 2.75) is 19.0 Å². The SMILES string of the molecule is NC(Cc1cn(CC(=O)N2CCOCC2)nn1)C(=O)O. The Morgan fingerprint density at radius 3 is 2.80 bits per heavy atom. The Balaban J connectivity index is 1.88. The summed E-state index contributed by atoms with van der Waals surface area (Å²) in [5, 5.41) is 16.3. The number of rotatable bonds is 5. The molecule has 1 atom stereocenters. The highest BCUT2D eigenvalue weighted by Gasteiger charge is 2.19. The highest BCUT2D eigenvalue weighted by molar-refractivity contribution is 5.76. The van der Waals surface area contributed by atoms with Crippen LogP contribution < -0.4 is 5.73 Å². The van der Waals surface area contributed by atoms with Gasteiger partial charge in [0.15, 0.2) is 0 Å². The van der Waals surface area contributed by atoms with E-state index in [4.69, 9.17) is 15.6 Å². The Morgan fingerprint density at radius 1 is 1.45 bits per heavy atom. The Hall–Kier alpha value is -2.00. The molecule has 2 rings (SSSR count). The summed E-state index contributed by atoms with van der Waals surface area (Å²) in [6.07, 6.45) is 1.63. The quantitative estimate of drug-likeness (QED) is 0.646. The second-order valence-corrected chi connectivity index (χ2v) is 4.55. The van der Waals surface area contributed by atoms with E-state index in [1.54, 1.807) is 11.1 Å². The van der Waals surface area contributed by atoms with E-state index in [-0.39, 0.29) is 18.9 Å². The normalized spacial score (nSPS) is 16.9. The van der Waals surface area contributed by atoms with E-state index in [0.717, 1.165) is 0 Å². The lowest BCUT2D eigenvalue weighted by atomic mass is 10.2. The first-order chi connectivity index (χ1) is 9.56. The first-order valence-corrected chi connectivity index (χ1v) is 6.29. The van der Waals surface area contributed by atoms with Crippen LogP contribution in [0.25, 0.3) is 0 Å². The van der Waals surface area contributed by atoms with Crippen molar-refractivity contribution in [3.63, 3.8) is 0 Å². The highest BCUT2D eigenvalue weighted by atomic mass is 16.5. The van der Waals surface area contributed by atoms with Gasteiger partial charge >= 0.3 is 5.97 Å². The minimum atomic E-state index is -1.09. The Labute approximate surface area is 115 Å². The molecule has 0 aliphatic carbocycles. The molecule has 1 fully saturated rings. The number of amides is 1. The van der Waals surface area contributed by atoms with Crippen LogP contribution in [0.3, 0.4) is 0 Å². The van der Waals surface area contributed by atoms with E-state index in [1.807, 2.05) is 0 Å². The van der Waals surface area contributed by atoms with Crippen molar-refractivity contribution in [2.75, 3.05) is 26.3 Å². The predicted octanol–water partition coefficient (Wildman–Crippen LogP) is -1.91. The molecule has 0 aromatic carbocycles. The van der Waals surface area contributed by atoms with Crippen LogP contribution >= 0.6 is 0 Å². The molecule has 1 aromatic rings. The van der Waals surface area contributed by atoms with Gasteiger partial charge in [-0.2, -0.15) is 0 Å². The molecule has 20 heavy (non-hydrogen) atoms. The summed E-state index contributed by atoms with van der Waals surface area (Å²) in [5.74, 6) is -1.16. The third kappa shape index (κ3) is 3.75. The van der Waals surface area contributed by atoms with Gasteiger partial charge in [0.25, 0.3) is 0 Å². The maximum absolute atomic E-state index is 12.0. The molecule has 0 radical (unpaired) electrons. The molecule has 1 saturated heterocycles. The molecule has 110 valence electrons. The molecule has 1 aliphatic heterocycles. The molecule has 0 spiro atoms.